The van der Waals surface area contributed by atoms with Gasteiger partial charge in [0.25, 0.3) is 0 Å². The van der Waals surface area contributed by atoms with Crippen molar-refractivity contribution in [2.24, 2.45) is 5.73 Å². The van der Waals surface area contributed by atoms with Gasteiger partial charge in [-0.15, -0.1) is 0 Å². The number of hydrogen-bond donors (Lipinski definition) is 3. The monoisotopic (exact) mass is 665 g/mol. The number of carbonyl (C=O) groups excluding carboxylic acids is 2. The van der Waals surface area contributed by atoms with Gasteiger partial charge in [-0.25, -0.2) is 4.79 Å². The number of unbranched alkanes of at least 4 members (excludes halogenated alkanes) is 22. The van der Waals surface area contributed by atoms with E-state index in [0.717, 1.165) is 51.4 Å². The van der Waals surface area contributed by atoms with E-state index in [1.54, 1.807) is 0 Å². The van der Waals surface area contributed by atoms with E-state index in [-0.39, 0.29) is 18.0 Å². The number of amides is 1. The fourth-order valence-electron chi connectivity index (χ4n) is 6.01. The van der Waals surface area contributed by atoms with Gasteiger partial charge in [0.05, 0.1) is 0 Å². The predicted octanol–water partition coefficient (Wildman–Crippen LogP) is 10.7. The van der Waals surface area contributed by atoms with Gasteiger partial charge in [0, 0.05) is 12.8 Å². The van der Waals surface area contributed by atoms with Gasteiger partial charge >= 0.3 is 11.9 Å². The second-order valence-corrected chi connectivity index (χ2v) is 13.7. The Morgan fingerprint density at radius 3 is 1.60 bits per heavy atom. The lowest BCUT2D eigenvalue weighted by Crippen LogP contribution is -2.40. The standard InChI is InChI=1S/C40H76N2O5/c1-3-5-7-9-10-11-12-13-14-15-16-17-18-19-20-22-28-34-39(44)47-36(30-25-21-8-6-4-2)31-26-23-24-27-33-38(43)42-37(40(45)46)32-29-35-41/h25,30,36-37H,3-24,26-29,31-35,41H2,1-2H3,(H,42,43)(H,45,46)/b30-25-. The van der Waals surface area contributed by atoms with Gasteiger partial charge in [0.15, 0.2) is 0 Å². The highest BCUT2D eigenvalue weighted by molar-refractivity contribution is 5.83. The first-order valence-corrected chi connectivity index (χ1v) is 20.0. The second-order valence-electron chi connectivity index (χ2n) is 13.7. The van der Waals surface area contributed by atoms with E-state index in [4.69, 9.17) is 10.5 Å². The summed E-state index contributed by atoms with van der Waals surface area (Å²) in [4.78, 5) is 36.1. The second kappa shape index (κ2) is 35.4. The normalized spacial score (nSPS) is 12.7. The Morgan fingerprint density at radius 2 is 1.09 bits per heavy atom. The third kappa shape index (κ3) is 32.4. The number of rotatable bonds is 36. The minimum Gasteiger partial charge on any atom is -0.480 e. The molecule has 0 bridgehead atoms. The third-order valence-electron chi connectivity index (χ3n) is 9.07. The zero-order valence-electron chi connectivity index (χ0n) is 30.9. The molecule has 0 saturated carbocycles. The summed E-state index contributed by atoms with van der Waals surface area (Å²) in [5.74, 6) is -1.32. The Hall–Kier alpha value is -1.89. The van der Waals surface area contributed by atoms with Crippen LogP contribution in [0.25, 0.3) is 0 Å². The number of carboxylic acid groups (broad SMARTS) is 1. The van der Waals surface area contributed by atoms with Gasteiger partial charge in [-0.05, 0) is 64.0 Å². The van der Waals surface area contributed by atoms with Crippen LogP contribution in [0.1, 0.15) is 206 Å². The summed E-state index contributed by atoms with van der Waals surface area (Å²) < 4.78 is 5.87. The van der Waals surface area contributed by atoms with Crippen molar-refractivity contribution in [3.63, 3.8) is 0 Å². The minimum atomic E-state index is -1.01. The third-order valence-corrected chi connectivity index (χ3v) is 9.07. The van der Waals surface area contributed by atoms with Crippen LogP contribution in [0.15, 0.2) is 12.2 Å². The van der Waals surface area contributed by atoms with E-state index in [0.29, 0.717) is 38.6 Å². The molecule has 7 nitrogen and oxygen atoms in total. The maximum Gasteiger partial charge on any atom is 0.326 e. The van der Waals surface area contributed by atoms with Gasteiger partial charge in [0.2, 0.25) is 5.91 Å². The summed E-state index contributed by atoms with van der Waals surface area (Å²) in [6.45, 7) is 4.88. The van der Waals surface area contributed by atoms with E-state index < -0.39 is 12.0 Å². The molecular formula is C40H76N2O5. The summed E-state index contributed by atoms with van der Waals surface area (Å²) in [6, 6.07) is -0.866. The summed E-state index contributed by atoms with van der Waals surface area (Å²) in [6.07, 6.45) is 37.2. The van der Waals surface area contributed by atoms with Crippen molar-refractivity contribution in [2.75, 3.05) is 6.54 Å². The molecule has 2 atom stereocenters. The first-order valence-electron chi connectivity index (χ1n) is 20.0. The molecule has 4 N–H and O–H groups in total. The van der Waals surface area contributed by atoms with Crippen LogP contribution in [0.3, 0.4) is 0 Å². The van der Waals surface area contributed by atoms with Gasteiger partial charge in [-0.2, -0.15) is 0 Å². The Bertz CT molecular complexity index is 757. The molecule has 0 heterocycles. The summed E-state index contributed by atoms with van der Waals surface area (Å²) in [5, 5.41) is 11.9. The van der Waals surface area contributed by atoms with Crippen LogP contribution < -0.4 is 11.1 Å². The van der Waals surface area contributed by atoms with E-state index in [1.165, 1.54) is 109 Å². The van der Waals surface area contributed by atoms with E-state index >= 15 is 0 Å². The topological polar surface area (TPSA) is 119 Å². The molecule has 0 spiro atoms. The molecule has 2 unspecified atom stereocenters. The fraction of sp³-hybridized carbons (Fsp3) is 0.875. The Morgan fingerprint density at radius 1 is 0.617 bits per heavy atom. The van der Waals surface area contributed by atoms with Gasteiger partial charge in [-0.3, -0.25) is 9.59 Å². The first-order chi connectivity index (χ1) is 22.9. The number of carbonyl (C=O) groups is 3. The number of nitrogens with one attached hydrogen (secondary N) is 1. The van der Waals surface area contributed by atoms with Crippen LogP contribution in [0.2, 0.25) is 0 Å². The molecule has 0 rings (SSSR count). The molecule has 0 fully saturated rings. The molecule has 0 saturated heterocycles. The average Bonchev–Trinajstić information content (AvgIpc) is 3.05. The maximum atomic E-state index is 12.6. The van der Waals surface area contributed by atoms with Crippen molar-refractivity contribution in [3.8, 4) is 0 Å². The van der Waals surface area contributed by atoms with Crippen molar-refractivity contribution in [1.29, 1.82) is 0 Å². The van der Waals surface area contributed by atoms with Crippen molar-refractivity contribution in [1.82, 2.24) is 5.32 Å². The largest absolute Gasteiger partial charge is 0.480 e. The quantitative estimate of drug-likeness (QED) is 0.0348. The lowest BCUT2D eigenvalue weighted by molar-refractivity contribution is -0.147. The molecule has 47 heavy (non-hydrogen) atoms. The Kier molecular flexibility index (Phi) is 34.0. The Balaban J connectivity index is 4.05. The van der Waals surface area contributed by atoms with E-state index in [9.17, 15) is 19.5 Å². The number of carboxylic acids is 1. The maximum absolute atomic E-state index is 12.6. The fourth-order valence-corrected chi connectivity index (χ4v) is 6.01. The molecule has 1 amide bonds. The van der Waals surface area contributed by atoms with E-state index in [1.807, 2.05) is 0 Å². The molecule has 0 aromatic heterocycles. The molecule has 7 heteroatoms. The summed E-state index contributed by atoms with van der Waals surface area (Å²) in [5.41, 5.74) is 5.46. The lowest BCUT2D eigenvalue weighted by Gasteiger charge is -2.15. The number of allylic oxidation sites excluding steroid dienone is 1. The van der Waals surface area contributed by atoms with Crippen LogP contribution in [0, 0.1) is 0 Å². The number of esters is 1. The number of nitrogens with two attached hydrogens (primary N) is 1. The van der Waals surface area contributed by atoms with Crippen molar-refractivity contribution in [3.05, 3.63) is 12.2 Å². The molecule has 0 aliphatic carbocycles. The van der Waals surface area contributed by atoms with E-state index in [2.05, 4.69) is 31.3 Å². The average molecular weight is 665 g/mol. The molecule has 0 radical (unpaired) electrons. The van der Waals surface area contributed by atoms with Crippen molar-refractivity contribution in [2.45, 2.75) is 219 Å². The van der Waals surface area contributed by atoms with Gasteiger partial charge < -0.3 is 20.9 Å². The molecule has 0 aromatic rings. The highest BCUT2D eigenvalue weighted by atomic mass is 16.5. The van der Waals surface area contributed by atoms with Crippen LogP contribution in [0.5, 0.6) is 0 Å². The number of ether oxygens (including phenoxy) is 1. The molecule has 0 aromatic carbocycles. The van der Waals surface area contributed by atoms with Crippen LogP contribution >= 0.6 is 0 Å². The minimum absolute atomic E-state index is 0.0894. The highest BCUT2D eigenvalue weighted by Crippen LogP contribution is 2.16. The zero-order chi connectivity index (χ0) is 34.6. The highest BCUT2D eigenvalue weighted by Gasteiger charge is 2.19. The predicted molar refractivity (Wildman–Crippen MR) is 197 cm³/mol. The van der Waals surface area contributed by atoms with Crippen LogP contribution in [-0.4, -0.2) is 41.6 Å². The Labute approximate surface area is 290 Å². The molecular weight excluding hydrogens is 588 g/mol. The molecule has 0 aliphatic heterocycles. The number of aliphatic carboxylic acids is 1. The smallest absolute Gasteiger partial charge is 0.326 e. The van der Waals surface area contributed by atoms with Gasteiger partial charge in [0.1, 0.15) is 12.1 Å². The van der Waals surface area contributed by atoms with Crippen LogP contribution in [0.4, 0.5) is 0 Å². The van der Waals surface area contributed by atoms with Crippen LogP contribution in [-0.2, 0) is 19.1 Å². The first kappa shape index (κ1) is 45.1. The summed E-state index contributed by atoms with van der Waals surface area (Å²) in [7, 11) is 0. The molecule has 0 aliphatic rings. The molecule has 276 valence electrons. The lowest BCUT2D eigenvalue weighted by atomic mass is 10.0. The van der Waals surface area contributed by atoms with Gasteiger partial charge in [-0.1, -0.05) is 148 Å². The SMILES string of the molecule is CCCCC/C=C\C(CCCCCCC(=O)NC(CCCN)C(=O)O)OC(=O)CCCCCCCCCCCCCCCCCCC. The zero-order valence-corrected chi connectivity index (χ0v) is 30.9. The van der Waals surface area contributed by atoms with Crippen molar-refractivity contribution < 1.29 is 24.2 Å². The summed E-state index contributed by atoms with van der Waals surface area (Å²) >= 11 is 0. The van der Waals surface area contributed by atoms with Crippen molar-refractivity contribution >= 4 is 17.8 Å². The number of hydrogen-bond acceptors (Lipinski definition) is 5.